The summed E-state index contributed by atoms with van der Waals surface area (Å²) in [5.74, 6) is -0.496. The van der Waals surface area contributed by atoms with E-state index in [9.17, 15) is 13.6 Å². The molecule has 4 nitrogen and oxygen atoms in total. The zero-order valence-corrected chi connectivity index (χ0v) is 14.1. The monoisotopic (exact) mass is 333 g/mol. The van der Waals surface area contributed by atoms with E-state index in [0.717, 1.165) is 11.8 Å². The topological polar surface area (TPSA) is 49.0 Å². The van der Waals surface area contributed by atoms with Gasteiger partial charge in [0.15, 0.2) is 0 Å². The molecule has 0 radical (unpaired) electrons. The van der Waals surface area contributed by atoms with Crippen molar-refractivity contribution in [3.05, 3.63) is 62.8 Å². The lowest BCUT2D eigenvalue weighted by atomic mass is 9.95. The first kappa shape index (κ1) is 16.8. The van der Waals surface area contributed by atoms with Gasteiger partial charge in [-0.25, -0.2) is 13.8 Å². The number of aromatic nitrogens is 2. The van der Waals surface area contributed by atoms with E-state index < -0.39 is 11.6 Å². The second-order valence-corrected chi connectivity index (χ2v) is 7.33. The van der Waals surface area contributed by atoms with Gasteiger partial charge in [-0.3, -0.25) is 9.69 Å². The number of rotatable bonds is 2. The van der Waals surface area contributed by atoms with Gasteiger partial charge in [-0.1, -0.05) is 20.8 Å². The van der Waals surface area contributed by atoms with E-state index in [0.29, 0.717) is 43.0 Å². The quantitative estimate of drug-likeness (QED) is 0.919. The van der Waals surface area contributed by atoms with Crippen LogP contribution in [0.15, 0.2) is 23.0 Å². The minimum atomic E-state index is -0.577. The summed E-state index contributed by atoms with van der Waals surface area (Å²) in [5, 5.41) is 0. The van der Waals surface area contributed by atoms with Crippen molar-refractivity contribution in [2.24, 2.45) is 0 Å². The van der Waals surface area contributed by atoms with Crippen LogP contribution < -0.4 is 5.56 Å². The third-order valence-corrected chi connectivity index (χ3v) is 4.19. The molecule has 0 saturated carbocycles. The molecule has 0 amide bonds. The van der Waals surface area contributed by atoms with Gasteiger partial charge in [-0.15, -0.1) is 0 Å². The fourth-order valence-corrected chi connectivity index (χ4v) is 2.94. The number of hydrogen-bond donors (Lipinski definition) is 1. The molecule has 0 saturated heterocycles. The van der Waals surface area contributed by atoms with Crippen LogP contribution in [-0.2, 0) is 24.9 Å². The number of nitrogens with zero attached hydrogens (tertiary/aromatic N) is 2. The number of halogens is 2. The molecule has 0 unspecified atom stereocenters. The molecular weight excluding hydrogens is 312 g/mol. The summed E-state index contributed by atoms with van der Waals surface area (Å²) < 4.78 is 26.7. The Morgan fingerprint density at radius 3 is 2.50 bits per heavy atom. The lowest BCUT2D eigenvalue weighted by Gasteiger charge is -2.29. The standard InChI is InChI=1S/C18H21F2N3O/c1-18(2,3)17-21-15-10-23(5-4-14(15)16(24)22-17)9-11-6-12(19)8-13(20)7-11/h6-8H,4-5,9-10H2,1-3H3,(H,21,22,24). The Labute approximate surface area is 139 Å². The summed E-state index contributed by atoms with van der Waals surface area (Å²) in [7, 11) is 0. The van der Waals surface area contributed by atoms with Crippen LogP contribution >= 0.6 is 0 Å². The van der Waals surface area contributed by atoms with Gasteiger partial charge in [0.05, 0.1) is 5.69 Å². The highest BCUT2D eigenvalue weighted by molar-refractivity contribution is 5.24. The van der Waals surface area contributed by atoms with Gasteiger partial charge in [0.2, 0.25) is 0 Å². The van der Waals surface area contributed by atoms with Crippen LogP contribution in [0.5, 0.6) is 0 Å². The zero-order chi connectivity index (χ0) is 17.5. The minimum absolute atomic E-state index is 0.0821. The average Bonchev–Trinajstić information content (AvgIpc) is 2.44. The van der Waals surface area contributed by atoms with Crippen molar-refractivity contribution in [1.82, 2.24) is 14.9 Å². The molecule has 0 aliphatic carbocycles. The van der Waals surface area contributed by atoms with Crippen LogP contribution in [0.2, 0.25) is 0 Å². The molecule has 24 heavy (non-hydrogen) atoms. The number of aromatic amines is 1. The molecule has 2 aromatic rings. The summed E-state index contributed by atoms with van der Waals surface area (Å²) in [6.45, 7) is 7.56. The highest BCUT2D eigenvalue weighted by atomic mass is 19.1. The maximum absolute atomic E-state index is 13.3. The van der Waals surface area contributed by atoms with E-state index in [2.05, 4.69) is 14.9 Å². The fourth-order valence-electron chi connectivity index (χ4n) is 2.94. The average molecular weight is 333 g/mol. The molecular formula is C18H21F2N3O. The first-order chi connectivity index (χ1) is 11.2. The van der Waals surface area contributed by atoms with Crippen molar-refractivity contribution in [2.45, 2.75) is 45.7 Å². The maximum atomic E-state index is 13.3. The van der Waals surface area contributed by atoms with Crippen LogP contribution in [0.3, 0.4) is 0 Å². The molecule has 0 bridgehead atoms. The smallest absolute Gasteiger partial charge is 0.254 e. The van der Waals surface area contributed by atoms with E-state index in [1.54, 1.807) is 0 Å². The molecule has 0 spiro atoms. The molecule has 0 fully saturated rings. The molecule has 1 aromatic carbocycles. The lowest BCUT2D eigenvalue weighted by Crippen LogP contribution is -2.36. The summed E-state index contributed by atoms with van der Waals surface area (Å²) in [5.41, 5.74) is 1.72. The first-order valence-electron chi connectivity index (χ1n) is 8.02. The summed E-state index contributed by atoms with van der Waals surface area (Å²) in [6, 6.07) is 3.54. The Kier molecular flexibility index (Phi) is 4.25. The van der Waals surface area contributed by atoms with Gasteiger partial charge in [-0.05, 0) is 24.1 Å². The maximum Gasteiger partial charge on any atom is 0.254 e. The van der Waals surface area contributed by atoms with E-state index in [1.807, 2.05) is 20.8 Å². The van der Waals surface area contributed by atoms with Crippen LogP contribution in [0.1, 0.15) is 43.4 Å². The van der Waals surface area contributed by atoms with Crippen LogP contribution in [0.4, 0.5) is 8.78 Å². The Balaban J connectivity index is 1.85. The first-order valence-corrected chi connectivity index (χ1v) is 8.02. The van der Waals surface area contributed by atoms with Gasteiger partial charge in [0.1, 0.15) is 17.5 Å². The SMILES string of the molecule is CC(C)(C)c1nc2c(c(=O)[nH]1)CCN(Cc1cc(F)cc(F)c1)C2. The van der Waals surface area contributed by atoms with Crippen molar-refractivity contribution >= 4 is 0 Å². The van der Waals surface area contributed by atoms with Gasteiger partial charge >= 0.3 is 0 Å². The molecule has 6 heteroatoms. The largest absolute Gasteiger partial charge is 0.310 e. The van der Waals surface area contributed by atoms with Crippen molar-refractivity contribution in [3.63, 3.8) is 0 Å². The number of H-pyrrole nitrogens is 1. The molecule has 3 rings (SSSR count). The van der Waals surface area contributed by atoms with E-state index in [1.165, 1.54) is 12.1 Å². The minimum Gasteiger partial charge on any atom is -0.310 e. The molecule has 1 aliphatic rings. The molecule has 1 N–H and O–H groups in total. The van der Waals surface area contributed by atoms with Gasteiger partial charge in [-0.2, -0.15) is 0 Å². The second kappa shape index (κ2) is 6.09. The van der Waals surface area contributed by atoms with Crippen LogP contribution in [0.25, 0.3) is 0 Å². The van der Waals surface area contributed by atoms with Crippen LogP contribution in [-0.4, -0.2) is 21.4 Å². The third kappa shape index (κ3) is 3.53. The molecule has 128 valence electrons. The normalized spacial score (nSPS) is 15.4. The van der Waals surface area contributed by atoms with E-state index >= 15 is 0 Å². The van der Waals surface area contributed by atoms with Crippen LogP contribution in [0, 0.1) is 11.6 Å². The second-order valence-electron chi connectivity index (χ2n) is 7.33. The molecule has 1 aromatic heterocycles. The molecule has 2 heterocycles. The predicted molar refractivity (Wildman–Crippen MR) is 87.7 cm³/mol. The molecule has 1 aliphatic heterocycles. The summed E-state index contributed by atoms with van der Waals surface area (Å²) in [6.07, 6.45) is 0.583. The van der Waals surface area contributed by atoms with Crippen molar-refractivity contribution in [3.8, 4) is 0 Å². The van der Waals surface area contributed by atoms with Crippen molar-refractivity contribution < 1.29 is 8.78 Å². The Hall–Kier alpha value is -2.08. The third-order valence-electron chi connectivity index (χ3n) is 4.19. The number of benzene rings is 1. The fraction of sp³-hybridized carbons (Fsp3) is 0.444. The Morgan fingerprint density at radius 2 is 1.88 bits per heavy atom. The highest BCUT2D eigenvalue weighted by Crippen LogP contribution is 2.21. The molecule has 0 atom stereocenters. The predicted octanol–water partition coefficient (Wildman–Crippen LogP) is 2.90. The number of hydrogen-bond acceptors (Lipinski definition) is 3. The Bertz CT molecular complexity index is 804. The van der Waals surface area contributed by atoms with E-state index in [4.69, 9.17) is 0 Å². The lowest BCUT2D eigenvalue weighted by molar-refractivity contribution is 0.238. The van der Waals surface area contributed by atoms with E-state index in [-0.39, 0.29) is 11.0 Å². The van der Waals surface area contributed by atoms with Gasteiger partial charge in [0.25, 0.3) is 5.56 Å². The summed E-state index contributed by atoms with van der Waals surface area (Å²) >= 11 is 0. The number of fused-ring (bicyclic) bond motifs is 1. The van der Waals surface area contributed by atoms with Gasteiger partial charge < -0.3 is 4.98 Å². The highest BCUT2D eigenvalue weighted by Gasteiger charge is 2.24. The zero-order valence-electron chi connectivity index (χ0n) is 14.1. The summed E-state index contributed by atoms with van der Waals surface area (Å²) in [4.78, 5) is 21.8. The van der Waals surface area contributed by atoms with Gasteiger partial charge in [0, 0.05) is 36.7 Å². The van der Waals surface area contributed by atoms with Crippen molar-refractivity contribution in [2.75, 3.05) is 6.54 Å². The number of nitrogens with one attached hydrogen (secondary N) is 1. The van der Waals surface area contributed by atoms with Crippen molar-refractivity contribution in [1.29, 1.82) is 0 Å². The Morgan fingerprint density at radius 1 is 1.21 bits per heavy atom.